The van der Waals surface area contributed by atoms with Gasteiger partial charge in [0.25, 0.3) is 0 Å². The fourth-order valence-electron chi connectivity index (χ4n) is 8.18. The molecule has 2 saturated heterocycles. The standard InChI is InChI=1S/C37H42F4N2O5/c1-24-34(3,32(44)45)30(26-11-10-16-29(23-26)48-37(40,41)31(38)39)36(33(46)47,25(2)42-24)19-22-43-20-17-35(18-21-43,27-12-6-4-7-13-27)28-14-8-5-9-15-28/h4-16,23-25,30-31,42H,17-22H2,1-3H3,(H,44,45)(H,46,47)/t24?,25?,30-,34?,36?/m1/s1. The Morgan fingerprint density at radius 1 is 0.896 bits per heavy atom. The van der Waals surface area contributed by atoms with Crippen LogP contribution in [0.2, 0.25) is 0 Å². The Morgan fingerprint density at radius 3 is 1.96 bits per heavy atom. The number of likely N-dealkylation sites (tertiary alicyclic amines) is 1. The number of hydrogen-bond donors (Lipinski definition) is 3. The molecule has 2 heterocycles. The highest BCUT2D eigenvalue weighted by Crippen LogP contribution is 2.57. The van der Waals surface area contributed by atoms with E-state index in [4.69, 9.17) is 0 Å². The van der Waals surface area contributed by atoms with Crippen LogP contribution in [0.1, 0.15) is 62.6 Å². The van der Waals surface area contributed by atoms with Crippen LogP contribution in [0, 0.1) is 10.8 Å². The summed E-state index contributed by atoms with van der Waals surface area (Å²) in [5, 5.41) is 24.9. The molecule has 0 amide bonds. The molecular formula is C37H42F4N2O5. The molecule has 3 aromatic carbocycles. The molecule has 0 radical (unpaired) electrons. The van der Waals surface area contributed by atoms with Crippen molar-refractivity contribution in [3.8, 4) is 5.75 Å². The minimum Gasteiger partial charge on any atom is -0.481 e. The van der Waals surface area contributed by atoms with Crippen molar-refractivity contribution < 1.29 is 42.1 Å². The highest BCUT2D eigenvalue weighted by molar-refractivity contribution is 5.84. The summed E-state index contributed by atoms with van der Waals surface area (Å²) in [6, 6.07) is 24.0. The molecule has 5 rings (SSSR count). The molecule has 4 unspecified atom stereocenters. The van der Waals surface area contributed by atoms with Crippen LogP contribution in [0.15, 0.2) is 84.9 Å². The van der Waals surface area contributed by atoms with Gasteiger partial charge in [-0.3, -0.25) is 9.59 Å². The molecular weight excluding hydrogens is 628 g/mol. The fourth-order valence-corrected chi connectivity index (χ4v) is 8.18. The van der Waals surface area contributed by atoms with Gasteiger partial charge in [0, 0.05) is 23.4 Å². The number of carbonyl (C=O) groups is 2. The minimum absolute atomic E-state index is 0.0404. The van der Waals surface area contributed by atoms with Gasteiger partial charge in [0.05, 0.1) is 10.8 Å². The number of piperidine rings is 2. The van der Waals surface area contributed by atoms with E-state index >= 15 is 0 Å². The molecule has 0 aromatic heterocycles. The number of hydrogen-bond acceptors (Lipinski definition) is 5. The molecule has 0 spiro atoms. The number of aliphatic carboxylic acids is 2. The van der Waals surface area contributed by atoms with E-state index in [1.165, 1.54) is 30.2 Å². The number of rotatable bonds is 11. The molecule has 2 aliphatic heterocycles. The maximum absolute atomic E-state index is 13.9. The van der Waals surface area contributed by atoms with Gasteiger partial charge in [-0.25, -0.2) is 0 Å². The summed E-state index contributed by atoms with van der Waals surface area (Å²) in [5.74, 6) is -4.37. The van der Waals surface area contributed by atoms with E-state index in [9.17, 15) is 37.4 Å². The van der Waals surface area contributed by atoms with Crippen LogP contribution >= 0.6 is 0 Å². The first-order valence-electron chi connectivity index (χ1n) is 16.2. The quantitative estimate of drug-likeness (QED) is 0.189. The van der Waals surface area contributed by atoms with Gasteiger partial charge in [-0.15, -0.1) is 0 Å². The number of carboxylic acid groups (broad SMARTS) is 2. The van der Waals surface area contributed by atoms with Crippen molar-refractivity contribution in [1.29, 1.82) is 0 Å². The number of carboxylic acids is 2. The average Bonchev–Trinajstić information content (AvgIpc) is 3.06. The predicted molar refractivity (Wildman–Crippen MR) is 173 cm³/mol. The Morgan fingerprint density at radius 2 is 1.46 bits per heavy atom. The number of benzene rings is 3. The van der Waals surface area contributed by atoms with Crippen molar-refractivity contribution >= 4 is 11.9 Å². The number of ether oxygens (including phenoxy) is 1. The average molecular weight is 671 g/mol. The van der Waals surface area contributed by atoms with Gasteiger partial charge >= 0.3 is 24.5 Å². The van der Waals surface area contributed by atoms with E-state index < -0.39 is 59.1 Å². The second-order valence-corrected chi connectivity index (χ2v) is 13.4. The lowest BCUT2D eigenvalue weighted by molar-refractivity contribution is -0.253. The molecule has 5 atom stereocenters. The summed E-state index contributed by atoms with van der Waals surface area (Å²) >= 11 is 0. The molecule has 2 aliphatic rings. The SMILES string of the molecule is CC1NC(C)C(CCN2CCC(c3ccccc3)(c3ccccc3)CC2)(C(=O)O)[C@H](c2cccc(OC(F)(F)C(F)F)c2)C1(C)C(=O)O. The molecule has 0 bridgehead atoms. The Hall–Kier alpha value is -3.96. The second kappa shape index (κ2) is 13.5. The van der Waals surface area contributed by atoms with Gasteiger partial charge in [-0.05, 0) is 88.5 Å². The monoisotopic (exact) mass is 670 g/mol. The largest absolute Gasteiger partial charge is 0.481 e. The van der Waals surface area contributed by atoms with E-state index in [1.807, 2.05) is 36.4 Å². The third-order valence-electron chi connectivity index (χ3n) is 11.0. The second-order valence-electron chi connectivity index (χ2n) is 13.4. The minimum atomic E-state index is -4.80. The summed E-state index contributed by atoms with van der Waals surface area (Å²) in [4.78, 5) is 28.8. The summed E-state index contributed by atoms with van der Waals surface area (Å²) < 4.78 is 58.2. The zero-order chi connectivity index (χ0) is 34.9. The summed E-state index contributed by atoms with van der Waals surface area (Å²) in [5.41, 5.74) is -1.18. The van der Waals surface area contributed by atoms with E-state index in [-0.39, 0.29) is 17.4 Å². The van der Waals surface area contributed by atoms with Crippen LogP contribution in [0.3, 0.4) is 0 Å². The van der Waals surface area contributed by atoms with Crippen LogP contribution in [-0.2, 0) is 15.0 Å². The van der Waals surface area contributed by atoms with Gasteiger partial charge in [-0.1, -0.05) is 72.8 Å². The maximum atomic E-state index is 13.9. The topological polar surface area (TPSA) is 99.1 Å². The van der Waals surface area contributed by atoms with Crippen LogP contribution in [0.4, 0.5) is 17.6 Å². The van der Waals surface area contributed by atoms with Gasteiger partial charge < -0.3 is 25.2 Å². The number of nitrogens with zero attached hydrogens (tertiary/aromatic N) is 1. The molecule has 3 N–H and O–H groups in total. The Balaban J connectivity index is 1.49. The lowest BCUT2D eigenvalue weighted by atomic mass is 9.51. The van der Waals surface area contributed by atoms with E-state index in [2.05, 4.69) is 39.2 Å². The van der Waals surface area contributed by atoms with Crippen molar-refractivity contribution in [2.75, 3.05) is 19.6 Å². The third kappa shape index (κ3) is 6.18. The normalized spacial score (nSPS) is 27.8. The smallest absolute Gasteiger partial charge is 0.461 e. The van der Waals surface area contributed by atoms with Crippen molar-refractivity contribution in [3.63, 3.8) is 0 Å². The molecule has 7 nitrogen and oxygen atoms in total. The highest BCUT2D eigenvalue weighted by Gasteiger charge is 2.65. The van der Waals surface area contributed by atoms with Crippen LogP contribution in [0.25, 0.3) is 0 Å². The first kappa shape index (κ1) is 35.3. The molecule has 3 aromatic rings. The Bertz CT molecular complexity index is 1540. The van der Waals surface area contributed by atoms with Crippen LogP contribution in [-0.4, -0.2) is 71.3 Å². The summed E-state index contributed by atoms with van der Waals surface area (Å²) in [6.07, 6.45) is -7.30. The van der Waals surface area contributed by atoms with Crippen LogP contribution < -0.4 is 10.1 Å². The first-order valence-corrected chi connectivity index (χ1v) is 16.2. The van der Waals surface area contributed by atoms with Crippen LogP contribution in [0.5, 0.6) is 5.75 Å². The zero-order valence-electron chi connectivity index (χ0n) is 27.2. The van der Waals surface area contributed by atoms with Gasteiger partial charge in [-0.2, -0.15) is 17.6 Å². The zero-order valence-corrected chi connectivity index (χ0v) is 27.2. The fraction of sp³-hybridized carbons (Fsp3) is 0.459. The number of nitrogens with one attached hydrogen (secondary N) is 1. The van der Waals surface area contributed by atoms with Crippen molar-refractivity contribution in [2.24, 2.45) is 10.8 Å². The Kier molecular flexibility index (Phi) is 9.95. The number of alkyl halides is 4. The lowest BCUT2D eigenvalue weighted by Crippen LogP contribution is -2.69. The van der Waals surface area contributed by atoms with Crippen molar-refractivity contribution in [2.45, 2.75) is 76.0 Å². The van der Waals surface area contributed by atoms with E-state index in [1.54, 1.807) is 13.8 Å². The van der Waals surface area contributed by atoms with E-state index in [0.29, 0.717) is 19.6 Å². The molecule has 0 aliphatic carbocycles. The van der Waals surface area contributed by atoms with Crippen molar-refractivity contribution in [1.82, 2.24) is 10.2 Å². The maximum Gasteiger partial charge on any atom is 0.461 e. The lowest BCUT2D eigenvalue weighted by Gasteiger charge is -2.56. The third-order valence-corrected chi connectivity index (χ3v) is 11.0. The molecule has 258 valence electrons. The molecule has 0 saturated carbocycles. The number of halogens is 4. The van der Waals surface area contributed by atoms with Crippen molar-refractivity contribution in [3.05, 3.63) is 102 Å². The van der Waals surface area contributed by atoms with Gasteiger partial charge in [0.15, 0.2) is 0 Å². The predicted octanol–water partition coefficient (Wildman–Crippen LogP) is 7.02. The van der Waals surface area contributed by atoms with Gasteiger partial charge in [0.1, 0.15) is 5.75 Å². The molecule has 48 heavy (non-hydrogen) atoms. The highest BCUT2D eigenvalue weighted by atomic mass is 19.3. The van der Waals surface area contributed by atoms with Gasteiger partial charge in [0.2, 0.25) is 0 Å². The first-order chi connectivity index (χ1) is 22.7. The Labute approximate surface area is 277 Å². The molecule has 2 fully saturated rings. The van der Waals surface area contributed by atoms with E-state index in [0.717, 1.165) is 25.0 Å². The summed E-state index contributed by atoms with van der Waals surface area (Å²) in [6.45, 7) is 6.42. The summed E-state index contributed by atoms with van der Waals surface area (Å²) in [7, 11) is 0. The molecule has 11 heteroatoms.